The smallest absolute Gasteiger partial charge is 0.407 e. The fourth-order valence-electron chi connectivity index (χ4n) is 2.20. The van der Waals surface area contributed by atoms with Crippen LogP contribution >= 0.6 is 0 Å². The van der Waals surface area contributed by atoms with Gasteiger partial charge in [0.15, 0.2) is 0 Å². The number of ether oxygens (including phenoxy) is 1. The van der Waals surface area contributed by atoms with Crippen molar-refractivity contribution in [3.63, 3.8) is 0 Å². The predicted octanol–water partition coefficient (Wildman–Crippen LogP) is 0.365. The Hall–Kier alpha value is -0.810. The van der Waals surface area contributed by atoms with Crippen molar-refractivity contribution in [2.24, 2.45) is 5.92 Å². The maximum absolute atomic E-state index is 10.7. The summed E-state index contributed by atoms with van der Waals surface area (Å²) in [7, 11) is 0. The fraction of sp³-hybridized carbons (Fsp3) is 0.900. The Bertz CT molecular complexity index is 229. The van der Waals surface area contributed by atoms with E-state index in [0.29, 0.717) is 25.0 Å². The molecule has 0 aromatic carbocycles. The summed E-state index contributed by atoms with van der Waals surface area (Å²) in [6.45, 7) is 3.93. The van der Waals surface area contributed by atoms with Gasteiger partial charge in [0, 0.05) is 32.3 Å². The SMILES string of the molecule is O=C(O)N1CCC(CNC2CCOC2)C1. The van der Waals surface area contributed by atoms with Gasteiger partial charge in [0.25, 0.3) is 0 Å². The van der Waals surface area contributed by atoms with Crippen LogP contribution in [0.2, 0.25) is 0 Å². The lowest BCUT2D eigenvalue weighted by Crippen LogP contribution is -2.35. The van der Waals surface area contributed by atoms with E-state index in [9.17, 15) is 4.79 Å². The Morgan fingerprint density at radius 3 is 3.00 bits per heavy atom. The van der Waals surface area contributed by atoms with Crippen molar-refractivity contribution in [1.29, 1.82) is 0 Å². The Morgan fingerprint density at radius 2 is 2.40 bits per heavy atom. The molecule has 2 aliphatic heterocycles. The molecule has 5 heteroatoms. The number of hydrogen-bond donors (Lipinski definition) is 2. The van der Waals surface area contributed by atoms with E-state index >= 15 is 0 Å². The van der Waals surface area contributed by atoms with Crippen LogP contribution in [-0.4, -0.2) is 55.0 Å². The van der Waals surface area contributed by atoms with Crippen molar-refractivity contribution in [3.05, 3.63) is 0 Å². The van der Waals surface area contributed by atoms with Crippen molar-refractivity contribution in [3.8, 4) is 0 Å². The Labute approximate surface area is 89.4 Å². The summed E-state index contributed by atoms with van der Waals surface area (Å²) in [5.41, 5.74) is 0. The zero-order valence-corrected chi connectivity index (χ0v) is 8.82. The molecule has 0 saturated carbocycles. The number of carbonyl (C=O) groups is 1. The van der Waals surface area contributed by atoms with E-state index in [4.69, 9.17) is 9.84 Å². The van der Waals surface area contributed by atoms with Crippen LogP contribution in [0.5, 0.6) is 0 Å². The molecule has 15 heavy (non-hydrogen) atoms. The molecule has 0 aliphatic carbocycles. The quantitative estimate of drug-likeness (QED) is 0.712. The van der Waals surface area contributed by atoms with Crippen LogP contribution in [0.25, 0.3) is 0 Å². The zero-order valence-electron chi connectivity index (χ0n) is 8.82. The number of nitrogens with one attached hydrogen (secondary N) is 1. The molecule has 0 bridgehead atoms. The number of rotatable bonds is 3. The first-order valence-electron chi connectivity index (χ1n) is 5.54. The summed E-state index contributed by atoms with van der Waals surface area (Å²) in [4.78, 5) is 12.2. The number of hydrogen-bond acceptors (Lipinski definition) is 3. The minimum Gasteiger partial charge on any atom is -0.465 e. The molecule has 2 N–H and O–H groups in total. The summed E-state index contributed by atoms with van der Waals surface area (Å²) < 4.78 is 5.26. The molecule has 2 rings (SSSR count). The highest BCUT2D eigenvalue weighted by atomic mass is 16.5. The standard InChI is InChI=1S/C10H18N2O3/c13-10(14)12-3-1-8(6-12)5-11-9-2-4-15-7-9/h8-9,11H,1-7H2,(H,13,14). The molecule has 2 atom stereocenters. The van der Waals surface area contributed by atoms with Crippen LogP contribution in [0.4, 0.5) is 4.79 Å². The molecule has 0 radical (unpaired) electrons. The number of nitrogens with zero attached hydrogens (tertiary/aromatic N) is 1. The lowest BCUT2D eigenvalue weighted by molar-refractivity contribution is 0.154. The summed E-state index contributed by atoms with van der Waals surface area (Å²) in [5.74, 6) is 0.474. The van der Waals surface area contributed by atoms with E-state index < -0.39 is 6.09 Å². The van der Waals surface area contributed by atoms with E-state index in [-0.39, 0.29) is 0 Å². The van der Waals surface area contributed by atoms with Crippen LogP contribution in [0, 0.1) is 5.92 Å². The highest BCUT2D eigenvalue weighted by Crippen LogP contribution is 2.16. The monoisotopic (exact) mass is 214 g/mol. The lowest BCUT2D eigenvalue weighted by atomic mass is 10.1. The highest BCUT2D eigenvalue weighted by Gasteiger charge is 2.26. The predicted molar refractivity (Wildman–Crippen MR) is 54.9 cm³/mol. The van der Waals surface area contributed by atoms with E-state index in [1.54, 1.807) is 0 Å². The van der Waals surface area contributed by atoms with Gasteiger partial charge in [-0.15, -0.1) is 0 Å². The Morgan fingerprint density at radius 1 is 1.53 bits per heavy atom. The summed E-state index contributed by atoms with van der Waals surface area (Å²) >= 11 is 0. The second-order valence-electron chi connectivity index (χ2n) is 4.35. The van der Waals surface area contributed by atoms with E-state index in [2.05, 4.69) is 5.32 Å². The van der Waals surface area contributed by atoms with Crippen molar-refractivity contribution in [2.75, 3.05) is 32.8 Å². The van der Waals surface area contributed by atoms with Gasteiger partial charge in [-0.25, -0.2) is 4.79 Å². The topological polar surface area (TPSA) is 61.8 Å². The number of amides is 1. The molecule has 0 aromatic rings. The number of carboxylic acid groups (broad SMARTS) is 1. The largest absolute Gasteiger partial charge is 0.465 e. The Balaban J connectivity index is 1.66. The second-order valence-corrected chi connectivity index (χ2v) is 4.35. The van der Waals surface area contributed by atoms with Crippen LogP contribution in [0.1, 0.15) is 12.8 Å². The first-order chi connectivity index (χ1) is 7.25. The molecule has 2 saturated heterocycles. The first kappa shape index (κ1) is 10.7. The molecule has 0 aromatic heterocycles. The average molecular weight is 214 g/mol. The molecule has 1 amide bonds. The first-order valence-corrected chi connectivity index (χ1v) is 5.54. The minimum absolute atomic E-state index is 0.474. The Kier molecular flexibility index (Phi) is 3.43. The van der Waals surface area contributed by atoms with E-state index in [1.807, 2.05) is 0 Å². The van der Waals surface area contributed by atoms with E-state index in [1.165, 1.54) is 4.90 Å². The minimum atomic E-state index is -0.790. The summed E-state index contributed by atoms with van der Waals surface area (Å²) in [6, 6.07) is 0.476. The van der Waals surface area contributed by atoms with Gasteiger partial charge >= 0.3 is 6.09 Å². The fourth-order valence-corrected chi connectivity index (χ4v) is 2.20. The molecule has 2 fully saturated rings. The highest BCUT2D eigenvalue weighted by molar-refractivity contribution is 5.65. The lowest BCUT2D eigenvalue weighted by Gasteiger charge is -2.15. The van der Waals surface area contributed by atoms with Gasteiger partial charge in [-0.3, -0.25) is 0 Å². The molecule has 86 valence electrons. The molecule has 2 aliphatic rings. The van der Waals surface area contributed by atoms with Crippen LogP contribution < -0.4 is 5.32 Å². The third-order valence-corrected chi connectivity index (χ3v) is 3.18. The maximum Gasteiger partial charge on any atom is 0.407 e. The van der Waals surface area contributed by atoms with Gasteiger partial charge in [-0.05, 0) is 18.8 Å². The average Bonchev–Trinajstić information content (AvgIpc) is 2.86. The zero-order chi connectivity index (χ0) is 10.7. The third-order valence-electron chi connectivity index (χ3n) is 3.18. The third kappa shape index (κ3) is 2.82. The molecule has 2 unspecified atom stereocenters. The van der Waals surface area contributed by atoms with Crippen molar-refractivity contribution >= 4 is 6.09 Å². The van der Waals surface area contributed by atoms with Gasteiger partial charge in [0.1, 0.15) is 0 Å². The van der Waals surface area contributed by atoms with Gasteiger partial charge in [-0.1, -0.05) is 0 Å². The molecular weight excluding hydrogens is 196 g/mol. The van der Waals surface area contributed by atoms with Crippen LogP contribution in [0.15, 0.2) is 0 Å². The molecular formula is C10H18N2O3. The summed E-state index contributed by atoms with van der Waals surface area (Å²) in [6.07, 6.45) is 1.27. The van der Waals surface area contributed by atoms with Gasteiger partial charge in [0.05, 0.1) is 6.61 Å². The van der Waals surface area contributed by atoms with E-state index in [0.717, 1.165) is 32.6 Å². The molecule has 0 spiro atoms. The molecule has 2 heterocycles. The second kappa shape index (κ2) is 4.81. The van der Waals surface area contributed by atoms with Gasteiger partial charge < -0.3 is 20.1 Å². The van der Waals surface area contributed by atoms with Gasteiger partial charge in [0.2, 0.25) is 0 Å². The normalized spacial score (nSPS) is 31.1. The van der Waals surface area contributed by atoms with Crippen molar-refractivity contribution in [2.45, 2.75) is 18.9 Å². The maximum atomic E-state index is 10.7. The van der Waals surface area contributed by atoms with Crippen molar-refractivity contribution < 1.29 is 14.6 Å². The molecule has 5 nitrogen and oxygen atoms in total. The van der Waals surface area contributed by atoms with Crippen LogP contribution in [0.3, 0.4) is 0 Å². The van der Waals surface area contributed by atoms with Gasteiger partial charge in [-0.2, -0.15) is 0 Å². The van der Waals surface area contributed by atoms with Crippen LogP contribution in [-0.2, 0) is 4.74 Å². The van der Waals surface area contributed by atoms with Crippen molar-refractivity contribution in [1.82, 2.24) is 10.2 Å². The number of likely N-dealkylation sites (tertiary alicyclic amines) is 1. The summed E-state index contributed by atoms with van der Waals surface area (Å²) in [5, 5.41) is 12.2.